The molecule has 0 aliphatic rings. The zero-order valence-corrected chi connectivity index (χ0v) is 15.6. The van der Waals surface area contributed by atoms with E-state index in [4.69, 9.17) is 11.6 Å². The van der Waals surface area contributed by atoms with E-state index in [1.54, 1.807) is 0 Å². The maximum absolute atomic E-state index is 10.7. The van der Waals surface area contributed by atoms with Crippen molar-refractivity contribution < 1.29 is 5.11 Å². The van der Waals surface area contributed by atoms with E-state index in [9.17, 15) is 5.11 Å². The molecule has 1 N–H and O–H groups in total. The minimum atomic E-state index is 0.0956. The van der Waals surface area contributed by atoms with Crippen LogP contribution in [0.4, 0.5) is 11.5 Å². The fourth-order valence-corrected chi connectivity index (χ4v) is 3.21. The first-order valence-corrected chi connectivity index (χ1v) is 9.21. The second-order valence-electron chi connectivity index (χ2n) is 6.22. The van der Waals surface area contributed by atoms with Crippen LogP contribution in [0.25, 0.3) is 21.9 Å². The summed E-state index contributed by atoms with van der Waals surface area (Å²) in [6.45, 7) is 2.83. The molecule has 0 unspecified atom stereocenters. The van der Waals surface area contributed by atoms with Crippen LogP contribution >= 0.6 is 11.6 Å². The third-order valence-corrected chi connectivity index (χ3v) is 4.66. The van der Waals surface area contributed by atoms with Crippen molar-refractivity contribution in [3.8, 4) is 5.88 Å². The van der Waals surface area contributed by atoms with Gasteiger partial charge in [-0.3, -0.25) is 0 Å². The van der Waals surface area contributed by atoms with Gasteiger partial charge in [-0.05, 0) is 24.6 Å². The van der Waals surface area contributed by atoms with Gasteiger partial charge < -0.3 is 9.67 Å². The zero-order chi connectivity index (χ0) is 18.8. The van der Waals surface area contributed by atoms with Crippen LogP contribution in [0.2, 0.25) is 5.15 Å². The van der Waals surface area contributed by atoms with E-state index >= 15 is 0 Å². The molecule has 6 nitrogen and oxygen atoms in total. The number of hydrogen-bond donors (Lipinski definition) is 1. The van der Waals surface area contributed by atoms with Crippen molar-refractivity contribution in [1.82, 2.24) is 14.5 Å². The van der Waals surface area contributed by atoms with E-state index < -0.39 is 0 Å². The van der Waals surface area contributed by atoms with Crippen LogP contribution < -0.4 is 0 Å². The van der Waals surface area contributed by atoms with E-state index in [0.717, 1.165) is 30.3 Å². The SMILES string of the molecule is CCCCn1c(O)c(N=Nc2nc3ccccc3nc2Cl)c2ccccc21. The molecule has 0 saturated heterocycles. The molecule has 0 spiro atoms. The van der Waals surface area contributed by atoms with Crippen molar-refractivity contribution in [2.24, 2.45) is 10.2 Å². The predicted octanol–water partition coefficient (Wildman–Crippen LogP) is 6.16. The minimum absolute atomic E-state index is 0.0956. The zero-order valence-electron chi connectivity index (χ0n) is 14.8. The first-order valence-electron chi connectivity index (χ1n) is 8.83. The second kappa shape index (κ2) is 7.32. The van der Waals surface area contributed by atoms with Crippen LogP contribution in [-0.2, 0) is 6.54 Å². The lowest BCUT2D eigenvalue weighted by Crippen LogP contribution is -1.96. The number of halogens is 1. The van der Waals surface area contributed by atoms with Gasteiger partial charge in [-0.2, -0.15) is 0 Å². The Labute approximate surface area is 161 Å². The lowest BCUT2D eigenvalue weighted by atomic mass is 10.2. The van der Waals surface area contributed by atoms with Crippen LogP contribution in [0.5, 0.6) is 5.88 Å². The molecule has 0 saturated carbocycles. The van der Waals surface area contributed by atoms with Crippen LogP contribution in [0.15, 0.2) is 58.8 Å². The maximum Gasteiger partial charge on any atom is 0.220 e. The van der Waals surface area contributed by atoms with E-state index in [1.165, 1.54) is 0 Å². The van der Waals surface area contributed by atoms with Crippen molar-refractivity contribution in [2.45, 2.75) is 26.3 Å². The third-order valence-electron chi connectivity index (χ3n) is 4.41. The van der Waals surface area contributed by atoms with Crippen molar-refractivity contribution in [1.29, 1.82) is 0 Å². The largest absolute Gasteiger partial charge is 0.493 e. The predicted molar refractivity (Wildman–Crippen MR) is 107 cm³/mol. The fourth-order valence-electron chi connectivity index (χ4n) is 3.04. The third kappa shape index (κ3) is 3.24. The molecular formula is C20H18ClN5O. The van der Waals surface area contributed by atoms with Crippen molar-refractivity contribution in [3.05, 3.63) is 53.7 Å². The number of fused-ring (bicyclic) bond motifs is 2. The molecule has 4 aromatic rings. The standard InChI is InChI=1S/C20H18ClN5O/c1-2-3-12-26-16-11-7-4-8-13(16)17(20(26)27)24-25-19-18(21)22-14-9-5-6-10-15(14)23-19/h4-11,27H,2-3,12H2,1H3. The Morgan fingerprint density at radius 2 is 1.70 bits per heavy atom. The monoisotopic (exact) mass is 379 g/mol. The molecule has 2 heterocycles. The Morgan fingerprint density at radius 1 is 1.00 bits per heavy atom. The van der Waals surface area contributed by atoms with Gasteiger partial charge in [-0.1, -0.05) is 55.3 Å². The van der Waals surface area contributed by atoms with Gasteiger partial charge in [0.1, 0.15) is 0 Å². The molecule has 4 rings (SSSR count). The van der Waals surface area contributed by atoms with E-state index in [2.05, 4.69) is 27.1 Å². The molecule has 2 aromatic heterocycles. The summed E-state index contributed by atoms with van der Waals surface area (Å²) in [7, 11) is 0. The molecule has 7 heteroatoms. The summed E-state index contributed by atoms with van der Waals surface area (Å²) in [4.78, 5) is 8.71. The minimum Gasteiger partial charge on any atom is -0.493 e. The van der Waals surface area contributed by atoms with Gasteiger partial charge in [-0.25, -0.2) is 9.97 Å². The average molecular weight is 380 g/mol. The quantitative estimate of drug-likeness (QED) is 0.422. The van der Waals surface area contributed by atoms with Crippen LogP contribution in [0.1, 0.15) is 19.8 Å². The summed E-state index contributed by atoms with van der Waals surface area (Å²) in [6, 6.07) is 15.2. The second-order valence-corrected chi connectivity index (χ2v) is 6.58. The Balaban J connectivity index is 1.79. The van der Waals surface area contributed by atoms with Crippen LogP contribution in [0, 0.1) is 0 Å². The molecule has 0 fully saturated rings. The van der Waals surface area contributed by atoms with Gasteiger partial charge in [0.2, 0.25) is 11.7 Å². The lowest BCUT2D eigenvalue weighted by Gasteiger charge is -2.05. The average Bonchev–Trinajstić information content (AvgIpc) is 2.95. The number of rotatable bonds is 5. The molecule has 0 aliphatic carbocycles. The number of hydrogen-bond acceptors (Lipinski definition) is 5. The molecule has 136 valence electrons. The summed E-state index contributed by atoms with van der Waals surface area (Å²) in [5.74, 6) is 0.318. The highest BCUT2D eigenvalue weighted by atomic mass is 35.5. The molecular weight excluding hydrogens is 362 g/mol. The maximum atomic E-state index is 10.7. The summed E-state index contributed by atoms with van der Waals surface area (Å²) < 4.78 is 1.86. The molecule has 0 amide bonds. The molecule has 0 atom stereocenters. The summed E-state index contributed by atoms with van der Waals surface area (Å²) in [6.07, 6.45) is 2.00. The highest BCUT2D eigenvalue weighted by molar-refractivity contribution is 6.31. The number of aromatic hydroxyl groups is 1. The Morgan fingerprint density at radius 3 is 2.48 bits per heavy atom. The summed E-state index contributed by atoms with van der Waals surface area (Å²) in [5.41, 5.74) is 2.71. The topological polar surface area (TPSA) is 75.7 Å². The first kappa shape index (κ1) is 17.4. The fraction of sp³-hybridized carbons (Fsp3) is 0.200. The molecule has 0 bridgehead atoms. The highest BCUT2D eigenvalue weighted by Crippen LogP contribution is 2.40. The number of aromatic nitrogens is 3. The number of nitrogens with zero attached hydrogens (tertiary/aromatic N) is 5. The Kier molecular flexibility index (Phi) is 4.73. The van der Waals surface area contributed by atoms with Crippen molar-refractivity contribution in [2.75, 3.05) is 0 Å². The number of para-hydroxylation sites is 3. The highest BCUT2D eigenvalue weighted by Gasteiger charge is 2.16. The summed E-state index contributed by atoms with van der Waals surface area (Å²) in [5, 5.41) is 20.1. The van der Waals surface area contributed by atoms with Gasteiger partial charge in [0.15, 0.2) is 10.8 Å². The summed E-state index contributed by atoms with van der Waals surface area (Å²) >= 11 is 6.21. The molecule has 27 heavy (non-hydrogen) atoms. The van der Waals surface area contributed by atoms with Gasteiger partial charge in [0.25, 0.3) is 0 Å². The number of aryl methyl sites for hydroxylation is 1. The number of azo groups is 1. The van der Waals surface area contributed by atoms with E-state index in [0.29, 0.717) is 16.7 Å². The van der Waals surface area contributed by atoms with Crippen LogP contribution in [-0.4, -0.2) is 19.6 Å². The number of unbranched alkanes of at least 4 members (excludes halogenated alkanes) is 1. The van der Waals surface area contributed by atoms with Gasteiger partial charge in [0.05, 0.1) is 16.6 Å². The lowest BCUT2D eigenvalue weighted by molar-refractivity contribution is 0.418. The molecule has 2 aromatic carbocycles. The Bertz CT molecular complexity index is 1150. The Hall–Kier alpha value is -2.99. The van der Waals surface area contributed by atoms with E-state index in [1.807, 2.05) is 53.1 Å². The first-order chi connectivity index (χ1) is 13.2. The van der Waals surface area contributed by atoms with Crippen molar-refractivity contribution >= 4 is 45.0 Å². The van der Waals surface area contributed by atoms with Gasteiger partial charge in [0, 0.05) is 11.9 Å². The van der Waals surface area contributed by atoms with Crippen LogP contribution in [0.3, 0.4) is 0 Å². The van der Waals surface area contributed by atoms with Gasteiger partial charge in [-0.15, -0.1) is 10.2 Å². The van der Waals surface area contributed by atoms with Crippen molar-refractivity contribution in [3.63, 3.8) is 0 Å². The number of benzene rings is 2. The molecule has 0 aliphatic heterocycles. The van der Waals surface area contributed by atoms with Gasteiger partial charge >= 0.3 is 0 Å². The van der Waals surface area contributed by atoms with E-state index in [-0.39, 0.29) is 16.9 Å². The normalized spacial score (nSPS) is 11.8. The molecule has 0 radical (unpaired) electrons. The smallest absolute Gasteiger partial charge is 0.220 e.